The molecular weight excluding hydrogens is 222 g/mol. The molecule has 2 aromatic heterocycles. The van der Waals surface area contributed by atoms with Gasteiger partial charge < -0.3 is 5.32 Å². The normalized spacial score (nSPS) is 11.0. The van der Waals surface area contributed by atoms with Crippen LogP contribution in [0.2, 0.25) is 0 Å². The van der Waals surface area contributed by atoms with Crippen molar-refractivity contribution in [3.63, 3.8) is 0 Å². The van der Waals surface area contributed by atoms with Gasteiger partial charge in [0.05, 0.1) is 17.7 Å². The molecule has 0 aromatic carbocycles. The van der Waals surface area contributed by atoms with Crippen molar-refractivity contribution >= 4 is 17.3 Å². The molecule has 0 saturated heterocycles. The first-order valence-electron chi connectivity index (χ1n) is 5.18. The number of hydrogen-bond donors (Lipinski definition) is 1. The fourth-order valence-electron chi connectivity index (χ4n) is 1.30. The maximum atomic E-state index is 4.43. The monoisotopic (exact) mass is 237 g/mol. The Labute approximate surface area is 98.5 Å². The first-order chi connectivity index (χ1) is 7.66. The Balaban J connectivity index is 2.04. The molecule has 0 saturated carbocycles. The maximum absolute atomic E-state index is 4.43. The lowest BCUT2D eigenvalue weighted by atomic mass is 10.2. The molecule has 6 heteroatoms. The van der Waals surface area contributed by atoms with Gasteiger partial charge in [0.2, 0.25) is 5.95 Å². The average molecular weight is 237 g/mol. The van der Waals surface area contributed by atoms with E-state index in [1.165, 1.54) is 0 Å². The summed E-state index contributed by atoms with van der Waals surface area (Å²) >= 11 is 1.60. The van der Waals surface area contributed by atoms with Gasteiger partial charge in [0, 0.05) is 18.3 Å². The lowest BCUT2D eigenvalue weighted by Crippen LogP contribution is -2.05. The highest BCUT2D eigenvalue weighted by molar-refractivity contribution is 7.07. The Morgan fingerprint density at radius 1 is 1.50 bits per heavy atom. The molecule has 5 nitrogen and oxygen atoms in total. The minimum Gasteiger partial charge on any atom is -0.349 e. The topological polar surface area (TPSA) is 55.6 Å². The van der Waals surface area contributed by atoms with E-state index in [2.05, 4.69) is 34.2 Å². The van der Waals surface area contributed by atoms with E-state index in [0.717, 1.165) is 17.5 Å². The number of aromatic nitrogens is 4. The van der Waals surface area contributed by atoms with Crippen molar-refractivity contribution in [2.24, 2.45) is 7.05 Å². The van der Waals surface area contributed by atoms with Crippen LogP contribution in [0.5, 0.6) is 0 Å². The molecule has 0 spiro atoms. The molecule has 0 aliphatic carbocycles. The molecule has 0 bridgehead atoms. The van der Waals surface area contributed by atoms with Gasteiger partial charge >= 0.3 is 0 Å². The van der Waals surface area contributed by atoms with Crippen LogP contribution < -0.4 is 5.32 Å². The largest absolute Gasteiger partial charge is 0.349 e. The fourth-order valence-corrected chi connectivity index (χ4v) is 1.86. The summed E-state index contributed by atoms with van der Waals surface area (Å²) < 4.78 is 1.77. The van der Waals surface area contributed by atoms with E-state index in [4.69, 9.17) is 0 Å². The van der Waals surface area contributed by atoms with E-state index in [1.54, 1.807) is 16.0 Å². The first-order valence-corrected chi connectivity index (χ1v) is 6.13. The highest BCUT2D eigenvalue weighted by Gasteiger charge is 2.09. The number of nitrogens with zero attached hydrogens (tertiary/aromatic N) is 4. The Hall–Kier alpha value is -1.43. The number of nitrogens with one attached hydrogen (secondary N) is 1. The standard InChI is InChI=1S/C10H15N5S/c1-7(2)9-13-10(15(3)14-9)11-4-8-5-16-6-12-8/h5-7H,4H2,1-3H3,(H,11,13,14). The molecule has 0 amide bonds. The van der Waals surface area contributed by atoms with Gasteiger partial charge in [-0.3, -0.25) is 0 Å². The highest BCUT2D eigenvalue weighted by Crippen LogP contribution is 2.13. The Bertz CT molecular complexity index is 446. The number of aryl methyl sites for hydroxylation is 1. The molecule has 0 unspecified atom stereocenters. The van der Waals surface area contributed by atoms with E-state index in [9.17, 15) is 0 Å². The SMILES string of the molecule is CC(C)c1nc(NCc2cscn2)n(C)n1. The highest BCUT2D eigenvalue weighted by atomic mass is 32.1. The third kappa shape index (κ3) is 2.38. The third-order valence-electron chi connectivity index (χ3n) is 2.21. The fraction of sp³-hybridized carbons (Fsp3) is 0.500. The molecule has 0 aliphatic heterocycles. The molecule has 1 N–H and O–H groups in total. The van der Waals surface area contributed by atoms with Crippen molar-refractivity contribution in [3.8, 4) is 0 Å². The van der Waals surface area contributed by atoms with E-state index < -0.39 is 0 Å². The number of hydrogen-bond acceptors (Lipinski definition) is 5. The molecule has 86 valence electrons. The van der Waals surface area contributed by atoms with Gasteiger partial charge in [0.25, 0.3) is 0 Å². The molecule has 2 rings (SSSR count). The lowest BCUT2D eigenvalue weighted by Gasteiger charge is -2.01. The molecular formula is C10H15N5S. The predicted octanol–water partition coefficient (Wildman–Crippen LogP) is 2.01. The van der Waals surface area contributed by atoms with E-state index in [1.807, 2.05) is 17.9 Å². The third-order valence-corrected chi connectivity index (χ3v) is 2.84. The molecule has 0 fully saturated rings. The average Bonchev–Trinajstić information content (AvgIpc) is 2.84. The summed E-state index contributed by atoms with van der Waals surface area (Å²) in [5.41, 5.74) is 2.85. The van der Waals surface area contributed by atoms with Crippen molar-refractivity contribution in [1.82, 2.24) is 19.7 Å². The summed E-state index contributed by atoms with van der Waals surface area (Å²) in [6.45, 7) is 4.85. The minimum atomic E-state index is 0.348. The zero-order valence-electron chi connectivity index (χ0n) is 9.64. The van der Waals surface area contributed by atoms with Gasteiger partial charge in [0.15, 0.2) is 5.82 Å². The van der Waals surface area contributed by atoms with Crippen LogP contribution >= 0.6 is 11.3 Å². The van der Waals surface area contributed by atoms with Crippen LogP contribution in [-0.4, -0.2) is 19.7 Å². The second kappa shape index (κ2) is 4.61. The Morgan fingerprint density at radius 3 is 2.88 bits per heavy atom. The molecule has 16 heavy (non-hydrogen) atoms. The molecule has 0 radical (unpaired) electrons. The van der Waals surface area contributed by atoms with Crippen LogP contribution in [0.15, 0.2) is 10.9 Å². The van der Waals surface area contributed by atoms with E-state index in [-0.39, 0.29) is 0 Å². The van der Waals surface area contributed by atoms with Gasteiger partial charge in [-0.05, 0) is 0 Å². The van der Waals surface area contributed by atoms with Gasteiger partial charge in [-0.25, -0.2) is 9.67 Å². The lowest BCUT2D eigenvalue weighted by molar-refractivity contribution is 0.710. The summed E-state index contributed by atoms with van der Waals surface area (Å²) in [6, 6.07) is 0. The van der Waals surface area contributed by atoms with Crippen LogP contribution in [0.4, 0.5) is 5.95 Å². The van der Waals surface area contributed by atoms with Crippen LogP contribution in [0.1, 0.15) is 31.3 Å². The number of anilines is 1. The van der Waals surface area contributed by atoms with E-state index >= 15 is 0 Å². The summed E-state index contributed by atoms with van der Waals surface area (Å²) in [6.07, 6.45) is 0. The predicted molar refractivity (Wildman–Crippen MR) is 64.5 cm³/mol. The summed E-state index contributed by atoms with van der Waals surface area (Å²) in [4.78, 5) is 8.63. The Kier molecular flexibility index (Phi) is 3.19. The van der Waals surface area contributed by atoms with Crippen LogP contribution in [0.25, 0.3) is 0 Å². The second-order valence-corrected chi connectivity index (χ2v) is 4.62. The van der Waals surface area contributed by atoms with Crippen molar-refractivity contribution in [2.45, 2.75) is 26.3 Å². The zero-order chi connectivity index (χ0) is 11.5. The quantitative estimate of drug-likeness (QED) is 0.883. The van der Waals surface area contributed by atoms with Crippen molar-refractivity contribution in [1.29, 1.82) is 0 Å². The van der Waals surface area contributed by atoms with Crippen LogP contribution in [-0.2, 0) is 13.6 Å². The summed E-state index contributed by atoms with van der Waals surface area (Å²) in [5, 5.41) is 9.58. The van der Waals surface area contributed by atoms with Gasteiger partial charge in [0.1, 0.15) is 0 Å². The van der Waals surface area contributed by atoms with Gasteiger partial charge in [-0.1, -0.05) is 13.8 Å². The smallest absolute Gasteiger partial charge is 0.221 e. The molecule has 2 heterocycles. The summed E-state index contributed by atoms with van der Waals surface area (Å²) in [7, 11) is 1.89. The van der Waals surface area contributed by atoms with Crippen LogP contribution in [0.3, 0.4) is 0 Å². The maximum Gasteiger partial charge on any atom is 0.221 e. The van der Waals surface area contributed by atoms with Crippen molar-refractivity contribution in [2.75, 3.05) is 5.32 Å². The first kappa shape index (κ1) is 11.1. The second-order valence-electron chi connectivity index (χ2n) is 3.91. The number of rotatable bonds is 4. The molecule has 2 aromatic rings. The van der Waals surface area contributed by atoms with Gasteiger partial charge in [-0.2, -0.15) is 10.1 Å². The number of thiazole rings is 1. The zero-order valence-corrected chi connectivity index (χ0v) is 10.5. The molecule has 0 atom stereocenters. The van der Waals surface area contributed by atoms with Crippen molar-refractivity contribution in [3.05, 3.63) is 22.4 Å². The van der Waals surface area contributed by atoms with E-state index in [0.29, 0.717) is 12.5 Å². The van der Waals surface area contributed by atoms with Crippen LogP contribution in [0, 0.1) is 0 Å². The van der Waals surface area contributed by atoms with Gasteiger partial charge in [-0.15, -0.1) is 11.3 Å². The van der Waals surface area contributed by atoms with Crippen molar-refractivity contribution < 1.29 is 0 Å². The molecule has 0 aliphatic rings. The Morgan fingerprint density at radius 2 is 2.31 bits per heavy atom. The minimum absolute atomic E-state index is 0.348. The summed E-state index contributed by atoms with van der Waals surface area (Å²) in [5.74, 6) is 2.00.